The molecular formula is C13H18O2. The van der Waals surface area contributed by atoms with Gasteiger partial charge in [0.15, 0.2) is 0 Å². The Kier molecular flexibility index (Phi) is 2.11. The highest BCUT2D eigenvalue weighted by molar-refractivity contribution is 5.81. The lowest BCUT2D eigenvalue weighted by molar-refractivity contribution is -0.146. The maximum Gasteiger partial charge on any atom is 0.330 e. The molecule has 2 nitrogen and oxygen atoms in total. The molecule has 0 aliphatic heterocycles. The van der Waals surface area contributed by atoms with E-state index in [9.17, 15) is 4.79 Å². The van der Waals surface area contributed by atoms with E-state index in [4.69, 9.17) is 4.74 Å². The molecule has 0 saturated heterocycles. The van der Waals surface area contributed by atoms with Crippen molar-refractivity contribution in [3.63, 3.8) is 0 Å². The van der Waals surface area contributed by atoms with Gasteiger partial charge in [0, 0.05) is 6.08 Å². The van der Waals surface area contributed by atoms with E-state index in [-0.39, 0.29) is 12.1 Å². The van der Waals surface area contributed by atoms with Crippen molar-refractivity contribution in [3.8, 4) is 0 Å². The lowest BCUT2D eigenvalue weighted by Crippen LogP contribution is -2.31. The van der Waals surface area contributed by atoms with Crippen LogP contribution in [0.25, 0.3) is 0 Å². The third-order valence-electron chi connectivity index (χ3n) is 4.80. The van der Waals surface area contributed by atoms with Crippen molar-refractivity contribution in [3.05, 3.63) is 12.7 Å². The fourth-order valence-electron chi connectivity index (χ4n) is 4.34. The maximum atomic E-state index is 11.2. The molecule has 2 heteroatoms. The Hall–Kier alpha value is -0.790. The van der Waals surface area contributed by atoms with Gasteiger partial charge in [-0.05, 0) is 49.4 Å². The van der Waals surface area contributed by atoms with Crippen molar-refractivity contribution in [2.75, 3.05) is 0 Å². The van der Waals surface area contributed by atoms with Crippen LogP contribution in [0.3, 0.4) is 0 Å². The summed E-state index contributed by atoms with van der Waals surface area (Å²) in [6.07, 6.45) is 8.11. The zero-order valence-electron chi connectivity index (χ0n) is 9.02. The number of ether oxygens (including phenoxy) is 1. The summed E-state index contributed by atoms with van der Waals surface area (Å²) in [5, 5.41) is 0. The number of hydrogen-bond acceptors (Lipinski definition) is 2. The Morgan fingerprint density at radius 2 is 2.00 bits per heavy atom. The summed E-state index contributed by atoms with van der Waals surface area (Å²) in [4.78, 5) is 11.2. The van der Waals surface area contributed by atoms with E-state index in [0.29, 0.717) is 5.92 Å². The van der Waals surface area contributed by atoms with Gasteiger partial charge in [0.05, 0.1) is 0 Å². The molecule has 0 aromatic rings. The van der Waals surface area contributed by atoms with E-state index in [1.165, 1.54) is 31.8 Å². The number of hydrogen-bond donors (Lipinski definition) is 0. The molecule has 3 aliphatic rings. The number of esters is 1. The Labute approximate surface area is 90.7 Å². The maximum absolute atomic E-state index is 11.2. The summed E-state index contributed by atoms with van der Waals surface area (Å²) < 4.78 is 5.45. The monoisotopic (exact) mass is 206 g/mol. The summed E-state index contributed by atoms with van der Waals surface area (Å²) in [5.41, 5.74) is 0. The standard InChI is InChI=1S/C13H18O2/c1-2-13(14)15-12-7-8-6-11(12)10-5-3-4-9(8)10/h2,8-12H,1,3-7H2/t8?,9-,10-,11?,12?/m1/s1. The predicted octanol–water partition coefficient (Wildman–Crippen LogP) is 2.54. The number of fused-ring (bicyclic) bond motifs is 5. The molecule has 0 amide bonds. The zero-order chi connectivity index (χ0) is 10.4. The minimum Gasteiger partial charge on any atom is -0.459 e. The Morgan fingerprint density at radius 3 is 2.80 bits per heavy atom. The van der Waals surface area contributed by atoms with Gasteiger partial charge >= 0.3 is 5.97 Å². The van der Waals surface area contributed by atoms with Crippen molar-refractivity contribution in [2.45, 2.75) is 38.2 Å². The highest BCUT2D eigenvalue weighted by Gasteiger charge is 2.54. The molecule has 5 atom stereocenters. The van der Waals surface area contributed by atoms with Gasteiger partial charge < -0.3 is 4.74 Å². The van der Waals surface area contributed by atoms with Gasteiger partial charge in [0.25, 0.3) is 0 Å². The molecule has 3 aliphatic carbocycles. The van der Waals surface area contributed by atoms with E-state index in [1.807, 2.05) is 0 Å². The van der Waals surface area contributed by atoms with Gasteiger partial charge in [0.1, 0.15) is 6.10 Å². The molecule has 0 N–H and O–H groups in total. The molecule has 82 valence electrons. The zero-order valence-corrected chi connectivity index (χ0v) is 9.02. The SMILES string of the molecule is C=CC(=O)OC1CC2CC1[C@@H]1CCC[C@H]21. The van der Waals surface area contributed by atoms with Gasteiger partial charge in [0.2, 0.25) is 0 Å². The number of rotatable bonds is 2. The smallest absolute Gasteiger partial charge is 0.330 e. The quantitative estimate of drug-likeness (QED) is 0.512. The molecule has 3 fully saturated rings. The highest BCUT2D eigenvalue weighted by atomic mass is 16.5. The van der Waals surface area contributed by atoms with Crippen LogP contribution in [0.5, 0.6) is 0 Å². The summed E-state index contributed by atoms with van der Waals surface area (Å²) in [5.74, 6) is 3.12. The first-order valence-electron chi connectivity index (χ1n) is 6.12. The Bertz CT molecular complexity index is 297. The fraction of sp³-hybridized carbons (Fsp3) is 0.769. The van der Waals surface area contributed by atoms with Gasteiger partial charge in [-0.15, -0.1) is 0 Å². The van der Waals surface area contributed by atoms with Crippen LogP contribution in [0.4, 0.5) is 0 Å². The van der Waals surface area contributed by atoms with Crippen molar-refractivity contribution >= 4 is 5.97 Å². The minimum atomic E-state index is -0.234. The molecule has 0 heterocycles. The second-order valence-corrected chi connectivity index (χ2v) is 5.33. The summed E-state index contributed by atoms with van der Waals surface area (Å²) in [6.45, 7) is 3.46. The second-order valence-electron chi connectivity index (χ2n) is 5.33. The largest absolute Gasteiger partial charge is 0.459 e. The predicted molar refractivity (Wildman–Crippen MR) is 57.1 cm³/mol. The van der Waals surface area contributed by atoms with Crippen LogP contribution in [0.15, 0.2) is 12.7 Å². The van der Waals surface area contributed by atoms with Crippen LogP contribution < -0.4 is 0 Å². The first-order valence-corrected chi connectivity index (χ1v) is 6.12. The first-order chi connectivity index (χ1) is 7.29. The lowest BCUT2D eigenvalue weighted by Gasteiger charge is -2.30. The Balaban J connectivity index is 1.70. The van der Waals surface area contributed by atoms with Crippen LogP contribution in [0.1, 0.15) is 32.1 Å². The third-order valence-corrected chi connectivity index (χ3v) is 4.80. The van der Waals surface area contributed by atoms with Crippen molar-refractivity contribution < 1.29 is 9.53 Å². The first kappa shape index (κ1) is 9.44. The Morgan fingerprint density at radius 1 is 1.20 bits per heavy atom. The lowest BCUT2D eigenvalue weighted by atomic mass is 9.80. The third kappa shape index (κ3) is 1.34. The van der Waals surface area contributed by atoms with E-state index in [2.05, 4.69) is 6.58 Å². The van der Waals surface area contributed by atoms with E-state index in [1.54, 1.807) is 0 Å². The molecular weight excluding hydrogens is 188 g/mol. The average molecular weight is 206 g/mol. The molecule has 3 saturated carbocycles. The summed E-state index contributed by atoms with van der Waals surface area (Å²) >= 11 is 0. The normalized spacial score (nSPS) is 46.5. The van der Waals surface area contributed by atoms with Gasteiger partial charge in [-0.25, -0.2) is 4.79 Å². The van der Waals surface area contributed by atoms with E-state index >= 15 is 0 Å². The summed E-state index contributed by atoms with van der Waals surface area (Å²) in [6, 6.07) is 0. The van der Waals surface area contributed by atoms with Crippen molar-refractivity contribution in [1.29, 1.82) is 0 Å². The van der Waals surface area contributed by atoms with E-state index in [0.717, 1.165) is 24.2 Å². The van der Waals surface area contributed by atoms with Gasteiger partial charge in [-0.2, -0.15) is 0 Å². The topological polar surface area (TPSA) is 26.3 Å². The molecule has 2 bridgehead atoms. The van der Waals surface area contributed by atoms with Gasteiger partial charge in [-0.1, -0.05) is 13.0 Å². The fourth-order valence-corrected chi connectivity index (χ4v) is 4.34. The molecule has 3 rings (SSSR count). The van der Waals surface area contributed by atoms with E-state index < -0.39 is 0 Å². The van der Waals surface area contributed by atoms with Crippen LogP contribution in [-0.2, 0) is 9.53 Å². The average Bonchev–Trinajstić information content (AvgIpc) is 2.87. The molecule has 3 unspecified atom stereocenters. The summed E-state index contributed by atoms with van der Waals surface area (Å²) in [7, 11) is 0. The molecule has 0 aromatic heterocycles. The van der Waals surface area contributed by atoms with Crippen LogP contribution in [0.2, 0.25) is 0 Å². The minimum absolute atomic E-state index is 0.208. The van der Waals surface area contributed by atoms with Crippen molar-refractivity contribution in [1.82, 2.24) is 0 Å². The molecule has 0 radical (unpaired) electrons. The van der Waals surface area contributed by atoms with Gasteiger partial charge in [-0.3, -0.25) is 0 Å². The molecule has 0 spiro atoms. The highest BCUT2D eigenvalue weighted by Crippen LogP contribution is 2.59. The van der Waals surface area contributed by atoms with Crippen LogP contribution >= 0.6 is 0 Å². The van der Waals surface area contributed by atoms with Crippen LogP contribution in [0, 0.1) is 23.7 Å². The van der Waals surface area contributed by atoms with Crippen molar-refractivity contribution in [2.24, 2.45) is 23.7 Å². The molecule has 15 heavy (non-hydrogen) atoms. The number of carbonyl (C=O) groups is 1. The number of carbonyl (C=O) groups excluding carboxylic acids is 1. The van der Waals surface area contributed by atoms with Crippen LogP contribution in [-0.4, -0.2) is 12.1 Å². The molecule has 0 aromatic carbocycles. The second kappa shape index (κ2) is 3.36.